The third kappa shape index (κ3) is 3.50. The molecule has 0 aliphatic carbocycles. The molecule has 156 valence electrons. The topological polar surface area (TPSA) is 58.6 Å². The fourth-order valence-corrected chi connectivity index (χ4v) is 5.25. The van der Waals surface area contributed by atoms with E-state index in [-0.39, 0.29) is 45.2 Å². The maximum atomic E-state index is 13.4. The Kier molecular flexibility index (Phi) is 4.65. The second kappa shape index (κ2) is 6.69. The van der Waals surface area contributed by atoms with Gasteiger partial charge in [0, 0.05) is 28.7 Å². The molecule has 4 rings (SSSR count). The van der Waals surface area contributed by atoms with E-state index < -0.39 is 42.1 Å². The molecule has 12 heteroatoms. The Morgan fingerprint density at radius 3 is 2.59 bits per heavy atom. The minimum absolute atomic E-state index is 0.0843. The smallest absolute Gasteiger partial charge is 0.407 e. The molecule has 29 heavy (non-hydrogen) atoms. The highest BCUT2D eigenvalue weighted by Crippen LogP contribution is 2.44. The minimum atomic E-state index is -4.57. The van der Waals surface area contributed by atoms with Gasteiger partial charge in [0.1, 0.15) is 17.0 Å². The molecule has 1 aromatic carbocycles. The molecule has 0 saturated carbocycles. The molecule has 0 unspecified atom stereocenters. The number of fused-ring (bicyclic) bond motifs is 1. The molecular formula is C17H12ClF5N2O3S. The zero-order valence-corrected chi connectivity index (χ0v) is 16.0. The second-order valence-electron chi connectivity index (χ2n) is 7.00. The lowest BCUT2D eigenvalue weighted by Gasteiger charge is -2.45. The van der Waals surface area contributed by atoms with Gasteiger partial charge in [0.25, 0.3) is 12.3 Å². The summed E-state index contributed by atoms with van der Waals surface area (Å²) in [5.41, 5.74) is -1.45. The number of halogens is 6. The van der Waals surface area contributed by atoms with Gasteiger partial charge < -0.3 is 15.0 Å². The third-order valence-electron chi connectivity index (χ3n) is 4.84. The maximum Gasteiger partial charge on any atom is 0.407 e. The summed E-state index contributed by atoms with van der Waals surface area (Å²) >= 11 is 6.87. The number of likely N-dealkylation sites (tertiary alicyclic amines) is 1. The predicted molar refractivity (Wildman–Crippen MR) is 94.7 cm³/mol. The van der Waals surface area contributed by atoms with Gasteiger partial charge in [-0.2, -0.15) is 13.2 Å². The first-order chi connectivity index (χ1) is 13.5. The molecular weight excluding hydrogens is 443 g/mol. The van der Waals surface area contributed by atoms with Crippen molar-refractivity contribution < 1.29 is 36.3 Å². The Labute approximate surface area is 169 Å². The van der Waals surface area contributed by atoms with E-state index in [0.29, 0.717) is 11.3 Å². The van der Waals surface area contributed by atoms with Gasteiger partial charge in [0.15, 0.2) is 0 Å². The summed E-state index contributed by atoms with van der Waals surface area (Å²) in [6.07, 6.45) is -9.46. The molecule has 1 N–H and O–H groups in total. The second-order valence-corrected chi connectivity index (χ2v) is 8.40. The van der Waals surface area contributed by atoms with E-state index in [2.05, 4.69) is 5.32 Å². The quantitative estimate of drug-likeness (QED) is 0.693. The molecule has 2 aromatic rings. The van der Waals surface area contributed by atoms with Crippen LogP contribution in [0.25, 0.3) is 10.1 Å². The molecule has 5 nitrogen and oxygen atoms in total. The van der Waals surface area contributed by atoms with Crippen molar-refractivity contribution in [2.45, 2.75) is 24.6 Å². The summed E-state index contributed by atoms with van der Waals surface area (Å²) in [6.45, 7) is 0.333. The van der Waals surface area contributed by atoms with Crippen molar-refractivity contribution in [1.29, 1.82) is 0 Å². The van der Waals surface area contributed by atoms with Gasteiger partial charge >= 0.3 is 12.3 Å². The Bertz CT molecular complexity index is 1020. The number of carbonyl (C=O) groups excluding carboxylic acids is 2. The van der Waals surface area contributed by atoms with Gasteiger partial charge in [0.2, 0.25) is 0 Å². The fraction of sp³-hybridized carbons (Fsp3) is 0.412. The third-order valence-corrected chi connectivity index (χ3v) is 6.56. The molecule has 2 amide bonds. The lowest BCUT2D eigenvalue weighted by molar-refractivity contribution is -0.127. The van der Waals surface area contributed by atoms with E-state index in [1.165, 1.54) is 4.90 Å². The monoisotopic (exact) mass is 454 g/mol. The number of alkyl carbamates (subject to hydrolysis) is 1. The number of alkyl halides is 5. The number of carbonyl (C=O) groups is 2. The van der Waals surface area contributed by atoms with Crippen LogP contribution in [0.3, 0.4) is 0 Å². The number of amides is 2. The van der Waals surface area contributed by atoms with Crippen LogP contribution in [-0.2, 0) is 11.2 Å². The number of nitrogens with zero attached hydrogens (tertiary/aromatic N) is 1. The van der Waals surface area contributed by atoms with Crippen molar-refractivity contribution >= 4 is 45.0 Å². The molecule has 1 aromatic heterocycles. The number of ether oxygens (including phenoxy) is 1. The van der Waals surface area contributed by atoms with Gasteiger partial charge in [-0.3, -0.25) is 4.79 Å². The summed E-state index contributed by atoms with van der Waals surface area (Å²) in [5.74, 6) is -0.596. The molecule has 0 radical (unpaired) electrons. The van der Waals surface area contributed by atoms with Crippen LogP contribution in [0.15, 0.2) is 12.1 Å². The average molecular weight is 455 g/mol. The number of hydrogen-bond acceptors (Lipinski definition) is 4. The first-order valence-electron chi connectivity index (χ1n) is 8.32. The van der Waals surface area contributed by atoms with Crippen molar-refractivity contribution in [1.82, 2.24) is 10.2 Å². The van der Waals surface area contributed by atoms with Crippen molar-refractivity contribution in [3.63, 3.8) is 0 Å². The molecule has 2 saturated heterocycles. The number of hydrogen-bond donors (Lipinski definition) is 1. The molecule has 0 atom stereocenters. The van der Waals surface area contributed by atoms with Crippen molar-refractivity contribution in [2.24, 2.45) is 0 Å². The average Bonchev–Trinajstić information content (AvgIpc) is 3.13. The van der Waals surface area contributed by atoms with E-state index in [4.69, 9.17) is 16.3 Å². The Hall–Kier alpha value is -2.14. The molecule has 0 bridgehead atoms. The van der Waals surface area contributed by atoms with Gasteiger partial charge in [0.05, 0.1) is 11.4 Å². The first kappa shape index (κ1) is 20.1. The standard InChI is InChI=1S/C17H12ClF5N2O3S/c18-10-9-7(3-17(21,22)23)1-2-8(13(19)20)11(9)29-12(10)14(26)25-4-16(5-25)6-28-15(27)24-16/h1-2,13H,3-6H2,(H,24,27). The number of thiophene rings is 1. The van der Waals surface area contributed by atoms with Gasteiger partial charge in [-0.15, -0.1) is 11.3 Å². The number of benzene rings is 1. The molecule has 2 aliphatic rings. The summed E-state index contributed by atoms with van der Waals surface area (Å²) in [4.78, 5) is 25.2. The Balaban J connectivity index is 1.71. The summed E-state index contributed by atoms with van der Waals surface area (Å²) in [7, 11) is 0. The van der Waals surface area contributed by atoms with E-state index >= 15 is 0 Å². The van der Waals surface area contributed by atoms with Crippen LogP contribution in [0.5, 0.6) is 0 Å². The molecule has 2 fully saturated rings. The summed E-state index contributed by atoms with van der Waals surface area (Å²) in [5, 5.41) is 2.14. The summed E-state index contributed by atoms with van der Waals surface area (Å²) in [6, 6.07) is 1.90. The Morgan fingerprint density at radius 1 is 1.34 bits per heavy atom. The van der Waals surface area contributed by atoms with E-state index in [9.17, 15) is 31.5 Å². The Morgan fingerprint density at radius 2 is 2.03 bits per heavy atom. The minimum Gasteiger partial charge on any atom is -0.447 e. The highest BCUT2D eigenvalue weighted by Gasteiger charge is 2.51. The largest absolute Gasteiger partial charge is 0.447 e. The zero-order valence-electron chi connectivity index (χ0n) is 14.4. The summed E-state index contributed by atoms with van der Waals surface area (Å²) < 4.78 is 70.2. The van der Waals surface area contributed by atoms with Crippen molar-refractivity contribution in [3.8, 4) is 0 Å². The fourth-order valence-electron chi connectivity index (χ4n) is 3.56. The normalized spacial score (nSPS) is 18.3. The van der Waals surface area contributed by atoms with Crippen LogP contribution in [0.2, 0.25) is 5.02 Å². The van der Waals surface area contributed by atoms with Gasteiger partial charge in [-0.25, -0.2) is 13.6 Å². The maximum absolute atomic E-state index is 13.4. The molecule has 2 aliphatic heterocycles. The highest BCUT2D eigenvalue weighted by atomic mass is 35.5. The highest BCUT2D eigenvalue weighted by molar-refractivity contribution is 7.21. The predicted octanol–water partition coefficient (Wildman–Crippen LogP) is 4.53. The SMILES string of the molecule is O=C1NC2(CO1)CN(C(=O)c1sc3c(C(F)F)ccc(CC(F)(F)F)c3c1Cl)C2. The van der Waals surface area contributed by atoms with Crippen molar-refractivity contribution in [3.05, 3.63) is 33.2 Å². The lowest BCUT2D eigenvalue weighted by Crippen LogP contribution is -2.69. The van der Waals surface area contributed by atoms with Crippen LogP contribution in [0, 0.1) is 0 Å². The van der Waals surface area contributed by atoms with Crippen LogP contribution >= 0.6 is 22.9 Å². The van der Waals surface area contributed by atoms with Gasteiger partial charge in [-0.05, 0) is 5.56 Å². The van der Waals surface area contributed by atoms with Crippen LogP contribution in [-0.4, -0.2) is 48.3 Å². The first-order valence-corrected chi connectivity index (χ1v) is 9.52. The lowest BCUT2D eigenvalue weighted by atomic mass is 9.91. The van der Waals surface area contributed by atoms with Crippen molar-refractivity contribution in [2.75, 3.05) is 19.7 Å². The molecule has 3 heterocycles. The van der Waals surface area contributed by atoms with Crippen LogP contribution in [0.4, 0.5) is 26.7 Å². The van der Waals surface area contributed by atoms with E-state index in [0.717, 1.165) is 12.1 Å². The number of nitrogens with one attached hydrogen (secondary N) is 1. The van der Waals surface area contributed by atoms with Gasteiger partial charge in [-0.1, -0.05) is 23.7 Å². The molecule has 1 spiro atoms. The zero-order chi connectivity index (χ0) is 21.1. The number of rotatable bonds is 3. The van der Waals surface area contributed by atoms with Crippen LogP contribution < -0.4 is 5.32 Å². The number of cyclic esters (lactones) is 1. The van der Waals surface area contributed by atoms with E-state index in [1.54, 1.807) is 0 Å². The van der Waals surface area contributed by atoms with Crippen LogP contribution in [0.1, 0.15) is 27.2 Å². The van der Waals surface area contributed by atoms with E-state index in [1.807, 2.05) is 0 Å².